The van der Waals surface area contributed by atoms with E-state index in [0.29, 0.717) is 11.8 Å². The van der Waals surface area contributed by atoms with Gasteiger partial charge in [-0.1, -0.05) is 30.9 Å². The number of rotatable bonds is 4. The van der Waals surface area contributed by atoms with Crippen LogP contribution in [0.25, 0.3) is 10.2 Å². The molecular formula is C20H25ClN2OS. The summed E-state index contributed by atoms with van der Waals surface area (Å²) in [5, 5.41) is 5.08. The average molecular weight is 377 g/mol. The fourth-order valence-electron chi connectivity index (χ4n) is 4.09. The Bertz CT molecular complexity index is 819. The second-order valence-electron chi connectivity index (χ2n) is 7.65. The number of pyridine rings is 1. The van der Waals surface area contributed by atoms with Crippen molar-refractivity contribution in [2.24, 2.45) is 5.92 Å². The second kappa shape index (κ2) is 6.88. The smallest absolute Gasteiger partial charge is 0.261 e. The largest absolute Gasteiger partial charge is 0.351 e. The third-order valence-electron chi connectivity index (χ3n) is 5.69. The number of halogens is 1. The molecule has 0 aliphatic heterocycles. The number of amides is 1. The SMILES string of the molecule is Cc1nc2sc(C(=O)NCC3CCCCC3)c(C3CC3)c2c(C)c1Cl. The Labute approximate surface area is 158 Å². The zero-order valence-electron chi connectivity index (χ0n) is 15.0. The van der Waals surface area contributed by atoms with Crippen LogP contribution in [0, 0.1) is 19.8 Å². The number of thiophene rings is 1. The first-order valence-electron chi connectivity index (χ1n) is 9.43. The summed E-state index contributed by atoms with van der Waals surface area (Å²) in [7, 11) is 0. The topological polar surface area (TPSA) is 42.0 Å². The number of aryl methyl sites for hydroxylation is 2. The van der Waals surface area contributed by atoms with Crippen molar-refractivity contribution in [3.05, 3.63) is 26.7 Å². The predicted molar refractivity (Wildman–Crippen MR) is 105 cm³/mol. The Morgan fingerprint density at radius 2 is 1.92 bits per heavy atom. The Morgan fingerprint density at radius 1 is 1.20 bits per heavy atom. The van der Waals surface area contributed by atoms with Gasteiger partial charge in [-0.3, -0.25) is 4.79 Å². The van der Waals surface area contributed by atoms with Crippen molar-refractivity contribution < 1.29 is 4.79 Å². The summed E-state index contributed by atoms with van der Waals surface area (Å²) in [4.78, 5) is 19.4. The van der Waals surface area contributed by atoms with E-state index in [9.17, 15) is 4.79 Å². The molecule has 2 aliphatic carbocycles. The molecule has 0 radical (unpaired) electrons. The summed E-state index contributed by atoms with van der Waals surface area (Å²) in [5.74, 6) is 1.24. The highest BCUT2D eigenvalue weighted by Crippen LogP contribution is 2.49. The van der Waals surface area contributed by atoms with Gasteiger partial charge in [-0.15, -0.1) is 11.3 Å². The Balaban J connectivity index is 1.65. The van der Waals surface area contributed by atoms with E-state index < -0.39 is 0 Å². The lowest BCUT2D eigenvalue weighted by Crippen LogP contribution is -2.30. The van der Waals surface area contributed by atoms with E-state index in [0.717, 1.165) is 37.9 Å². The molecule has 2 aromatic heterocycles. The zero-order chi connectivity index (χ0) is 17.6. The van der Waals surface area contributed by atoms with Crippen molar-refractivity contribution in [1.29, 1.82) is 0 Å². The molecule has 2 aliphatic rings. The lowest BCUT2D eigenvalue weighted by atomic mass is 9.89. The highest BCUT2D eigenvalue weighted by atomic mass is 35.5. The monoisotopic (exact) mass is 376 g/mol. The summed E-state index contributed by atoms with van der Waals surface area (Å²) in [6.07, 6.45) is 8.78. The van der Waals surface area contributed by atoms with Gasteiger partial charge in [-0.05, 0) is 62.5 Å². The zero-order valence-corrected chi connectivity index (χ0v) is 16.5. The molecule has 1 amide bonds. The molecule has 1 N–H and O–H groups in total. The van der Waals surface area contributed by atoms with E-state index in [1.807, 2.05) is 6.92 Å². The molecule has 134 valence electrons. The van der Waals surface area contributed by atoms with Crippen LogP contribution < -0.4 is 5.32 Å². The summed E-state index contributed by atoms with van der Waals surface area (Å²) < 4.78 is 0. The molecule has 0 saturated heterocycles. The van der Waals surface area contributed by atoms with Crippen molar-refractivity contribution in [3.63, 3.8) is 0 Å². The molecule has 2 fully saturated rings. The number of nitrogens with one attached hydrogen (secondary N) is 1. The van der Waals surface area contributed by atoms with Gasteiger partial charge in [0.15, 0.2) is 0 Å². The molecule has 0 atom stereocenters. The standard InChI is InChI=1S/C20H25ClN2OS/c1-11-15-16(14-8-9-14)18(25-20(15)23-12(2)17(11)21)19(24)22-10-13-6-4-3-5-7-13/h13-14H,3-10H2,1-2H3,(H,22,24). The van der Waals surface area contributed by atoms with Gasteiger partial charge in [0, 0.05) is 11.9 Å². The summed E-state index contributed by atoms with van der Waals surface area (Å²) in [6, 6.07) is 0. The Kier molecular flexibility index (Phi) is 4.76. The highest BCUT2D eigenvalue weighted by molar-refractivity contribution is 7.20. The first-order valence-corrected chi connectivity index (χ1v) is 10.6. The second-order valence-corrected chi connectivity index (χ2v) is 9.03. The minimum absolute atomic E-state index is 0.0867. The summed E-state index contributed by atoms with van der Waals surface area (Å²) in [5.41, 5.74) is 3.13. The molecular weight excluding hydrogens is 352 g/mol. The van der Waals surface area contributed by atoms with Gasteiger partial charge in [-0.25, -0.2) is 4.98 Å². The quantitative estimate of drug-likeness (QED) is 0.737. The van der Waals surface area contributed by atoms with Crippen LogP contribution in [0.1, 0.15) is 77.4 Å². The van der Waals surface area contributed by atoms with Crippen LogP contribution in [0.15, 0.2) is 0 Å². The van der Waals surface area contributed by atoms with Gasteiger partial charge in [0.2, 0.25) is 0 Å². The molecule has 2 aromatic rings. The van der Waals surface area contributed by atoms with Crippen molar-refractivity contribution in [1.82, 2.24) is 10.3 Å². The Morgan fingerprint density at radius 3 is 2.60 bits per heavy atom. The van der Waals surface area contributed by atoms with E-state index in [-0.39, 0.29) is 5.91 Å². The van der Waals surface area contributed by atoms with Crippen molar-refractivity contribution in [3.8, 4) is 0 Å². The number of nitrogens with zero attached hydrogens (tertiary/aromatic N) is 1. The van der Waals surface area contributed by atoms with E-state index in [1.165, 1.54) is 50.5 Å². The maximum atomic E-state index is 12.9. The number of aromatic nitrogens is 1. The van der Waals surface area contributed by atoms with Crippen LogP contribution in [0.4, 0.5) is 0 Å². The van der Waals surface area contributed by atoms with Crippen molar-refractivity contribution in [2.75, 3.05) is 6.54 Å². The van der Waals surface area contributed by atoms with Gasteiger partial charge >= 0.3 is 0 Å². The van der Waals surface area contributed by atoms with Crippen LogP contribution in [-0.2, 0) is 0 Å². The molecule has 5 heteroatoms. The van der Waals surface area contributed by atoms with E-state index in [2.05, 4.69) is 17.2 Å². The van der Waals surface area contributed by atoms with Gasteiger partial charge in [0.1, 0.15) is 4.83 Å². The maximum absolute atomic E-state index is 12.9. The van der Waals surface area contributed by atoms with Crippen LogP contribution in [0.5, 0.6) is 0 Å². The maximum Gasteiger partial charge on any atom is 0.261 e. The number of hydrogen-bond acceptors (Lipinski definition) is 3. The molecule has 25 heavy (non-hydrogen) atoms. The van der Waals surface area contributed by atoms with Crippen LogP contribution in [-0.4, -0.2) is 17.4 Å². The van der Waals surface area contributed by atoms with E-state index >= 15 is 0 Å². The van der Waals surface area contributed by atoms with Gasteiger partial charge in [0.25, 0.3) is 5.91 Å². The lowest BCUT2D eigenvalue weighted by Gasteiger charge is -2.21. The highest BCUT2D eigenvalue weighted by Gasteiger charge is 2.33. The van der Waals surface area contributed by atoms with Gasteiger partial charge in [-0.2, -0.15) is 0 Å². The minimum Gasteiger partial charge on any atom is -0.351 e. The molecule has 0 spiro atoms. The summed E-state index contributed by atoms with van der Waals surface area (Å²) in [6.45, 7) is 4.80. The third-order valence-corrected chi connectivity index (χ3v) is 7.34. The van der Waals surface area contributed by atoms with Crippen LogP contribution in [0.3, 0.4) is 0 Å². The number of fused-ring (bicyclic) bond motifs is 1. The first-order chi connectivity index (χ1) is 12.1. The van der Waals surface area contributed by atoms with Crippen molar-refractivity contribution >= 4 is 39.1 Å². The van der Waals surface area contributed by atoms with Crippen LogP contribution >= 0.6 is 22.9 Å². The van der Waals surface area contributed by atoms with Gasteiger partial charge in [0.05, 0.1) is 15.6 Å². The van der Waals surface area contributed by atoms with E-state index in [1.54, 1.807) is 11.3 Å². The molecule has 2 heterocycles. The van der Waals surface area contributed by atoms with E-state index in [4.69, 9.17) is 11.6 Å². The number of carbonyl (C=O) groups is 1. The van der Waals surface area contributed by atoms with Crippen LogP contribution in [0.2, 0.25) is 5.02 Å². The Hall–Kier alpha value is -1.13. The molecule has 4 rings (SSSR count). The minimum atomic E-state index is 0.0867. The lowest BCUT2D eigenvalue weighted by molar-refractivity contribution is 0.0947. The molecule has 0 unspecified atom stereocenters. The summed E-state index contributed by atoms with van der Waals surface area (Å²) >= 11 is 7.99. The normalized spacial score (nSPS) is 18.7. The molecule has 2 saturated carbocycles. The first kappa shape index (κ1) is 17.3. The third kappa shape index (κ3) is 3.31. The number of hydrogen-bond donors (Lipinski definition) is 1. The fraction of sp³-hybridized carbons (Fsp3) is 0.600. The fourth-order valence-corrected chi connectivity index (χ4v) is 5.52. The number of carbonyl (C=O) groups excluding carboxylic acids is 1. The molecule has 0 bridgehead atoms. The predicted octanol–water partition coefficient (Wildman–Crippen LogP) is 5.75. The van der Waals surface area contributed by atoms with Crippen molar-refractivity contribution in [2.45, 2.75) is 64.7 Å². The molecule has 3 nitrogen and oxygen atoms in total. The molecule has 0 aromatic carbocycles. The van der Waals surface area contributed by atoms with Gasteiger partial charge < -0.3 is 5.32 Å². The average Bonchev–Trinajstić information content (AvgIpc) is 3.39.